The van der Waals surface area contributed by atoms with Crippen LogP contribution in [0.4, 0.5) is 5.95 Å². The second-order valence-electron chi connectivity index (χ2n) is 4.10. The monoisotopic (exact) mass is 222 g/mol. The maximum atomic E-state index is 5.58. The van der Waals surface area contributed by atoms with Gasteiger partial charge in [-0.2, -0.15) is 0 Å². The topological polar surface area (TPSA) is 55.0 Å². The molecule has 0 radical (unpaired) electrons. The zero-order valence-electron chi connectivity index (χ0n) is 10.5. The molecule has 90 valence electrons. The summed E-state index contributed by atoms with van der Waals surface area (Å²) in [6.45, 7) is 8.97. The molecular weight excluding hydrogens is 200 g/mol. The fourth-order valence-corrected chi connectivity index (χ4v) is 1.51. The van der Waals surface area contributed by atoms with Crippen LogP contribution < -0.4 is 10.6 Å². The predicted octanol–water partition coefficient (Wildman–Crippen LogP) is 1.81. The molecule has 0 saturated carbocycles. The van der Waals surface area contributed by atoms with Crippen LogP contribution in [0.5, 0.6) is 0 Å². The number of aromatic nitrogens is 2. The first-order valence-corrected chi connectivity index (χ1v) is 5.98. The van der Waals surface area contributed by atoms with Gasteiger partial charge in [0.15, 0.2) is 0 Å². The first kappa shape index (κ1) is 12.9. The molecule has 0 bridgehead atoms. The largest absolute Gasteiger partial charge is 0.341 e. The van der Waals surface area contributed by atoms with Gasteiger partial charge in [0, 0.05) is 25.8 Å². The van der Waals surface area contributed by atoms with E-state index in [1.54, 1.807) is 6.20 Å². The summed E-state index contributed by atoms with van der Waals surface area (Å²) in [4.78, 5) is 10.9. The average Bonchev–Trinajstić information content (AvgIpc) is 2.35. The van der Waals surface area contributed by atoms with Crippen LogP contribution in [0.2, 0.25) is 0 Å². The molecule has 1 heterocycles. The van der Waals surface area contributed by atoms with E-state index in [1.165, 1.54) is 6.42 Å². The van der Waals surface area contributed by atoms with Crippen molar-refractivity contribution in [3.05, 3.63) is 18.0 Å². The van der Waals surface area contributed by atoms with Crippen LogP contribution >= 0.6 is 0 Å². The highest BCUT2D eigenvalue weighted by molar-refractivity contribution is 5.29. The third-order valence-corrected chi connectivity index (χ3v) is 2.80. The highest BCUT2D eigenvalue weighted by atomic mass is 15.2. The Morgan fingerprint density at radius 1 is 1.44 bits per heavy atom. The predicted molar refractivity (Wildman–Crippen MR) is 67.3 cm³/mol. The molecule has 4 nitrogen and oxygen atoms in total. The maximum absolute atomic E-state index is 5.58. The molecule has 0 amide bonds. The highest BCUT2D eigenvalue weighted by Crippen LogP contribution is 2.11. The molecule has 0 aliphatic carbocycles. The van der Waals surface area contributed by atoms with Crippen molar-refractivity contribution in [2.45, 2.75) is 33.7 Å². The van der Waals surface area contributed by atoms with E-state index in [0.717, 1.165) is 24.7 Å². The minimum atomic E-state index is 0.469. The molecule has 16 heavy (non-hydrogen) atoms. The number of nitrogens with zero attached hydrogens (tertiary/aromatic N) is 3. The summed E-state index contributed by atoms with van der Waals surface area (Å²) >= 11 is 0. The van der Waals surface area contributed by atoms with Crippen molar-refractivity contribution in [1.82, 2.24) is 9.97 Å². The third kappa shape index (κ3) is 3.45. The molecule has 0 aliphatic heterocycles. The lowest BCUT2D eigenvalue weighted by Crippen LogP contribution is -2.30. The standard InChI is InChI=1S/C12H22N4/c1-4-10(3)9-16(5-2)12-14-7-6-11(8-13)15-12/h6-7,10H,4-5,8-9,13H2,1-3H3. The Balaban J connectivity index is 2.77. The zero-order chi connectivity index (χ0) is 12.0. The van der Waals surface area contributed by atoms with Gasteiger partial charge in [0.25, 0.3) is 0 Å². The van der Waals surface area contributed by atoms with Gasteiger partial charge in [0.05, 0.1) is 5.69 Å². The Labute approximate surface area is 97.9 Å². The molecule has 4 heteroatoms. The molecule has 0 saturated heterocycles. The summed E-state index contributed by atoms with van der Waals surface area (Å²) in [6, 6.07) is 1.86. The molecule has 0 aliphatic rings. The SMILES string of the molecule is CCC(C)CN(CC)c1nccc(CN)n1. The van der Waals surface area contributed by atoms with E-state index in [-0.39, 0.29) is 0 Å². The van der Waals surface area contributed by atoms with Gasteiger partial charge in [0.2, 0.25) is 5.95 Å². The Morgan fingerprint density at radius 3 is 2.75 bits per heavy atom. The summed E-state index contributed by atoms with van der Waals surface area (Å²) < 4.78 is 0. The van der Waals surface area contributed by atoms with Crippen molar-refractivity contribution in [3.63, 3.8) is 0 Å². The third-order valence-electron chi connectivity index (χ3n) is 2.80. The summed E-state index contributed by atoms with van der Waals surface area (Å²) in [7, 11) is 0. The van der Waals surface area contributed by atoms with Gasteiger partial charge >= 0.3 is 0 Å². The molecule has 1 unspecified atom stereocenters. The van der Waals surface area contributed by atoms with Gasteiger partial charge in [-0.05, 0) is 18.9 Å². The van der Waals surface area contributed by atoms with Crippen molar-refractivity contribution < 1.29 is 0 Å². The smallest absolute Gasteiger partial charge is 0.225 e. The Morgan fingerprint density at radius 2 is 2.19 bits per heavy atom. The summed E-state index contributed by atoms with van der Waals surface area (Å²) in [5.41, 5.74) is 6.47. The minimum Gasteiger partial charge on any atom is -0.341 e. The number of hydrogen-bond donors (Lipinski definition) is 1. The van der Waals surface area contributed by atoms with Gasteiger partial charge in [-0.25, -0.2) is 9.97 Å². The Hall–Kier alpha value is -1.16. The maximum Gasteiger partial charge on any atom is 0.225 e. The first-order chi connectivity index (χ1) is 7.71. The van der Waals surface area contributed by atoms with Crippen molar-refractivity contribution in [3.8, 4) is 0 Å². The molecule has 1 rings (SSSR count). The summed E-state index contributed by atoms with van der Waals surface area (Å²) in [6.07, 6.45) is 2.96. The van der Waals surface area contributed by atoms with E-state index in [0.29, 0.717) is 12.5 Å². The molecule has 0 spiro atoms. The van der Waals surface area contributed by atoms with E-state index in [4.69, 9.17) is 5.73 Å². The molecule has 1 aromatic rings. The van der Waals surface area contributed by atoms with E-state index in [2.05, 4.69) is 35.6 Å². The van der Waals surface area contributed by atoms with Gasteiger partial charge in [-0.1, -0.05) is 20.3 Å². The van der Waals surface area contributed by atoms with Crippen molar-refractivity contribution >= 4 is 5.95 Å². The molecule has 1 atom stereocenters. The molecule has 0 fully saturated rings. The van der Waals surface area contributed by atoms with Gasteiger partial charge in [0.1, 0.15) is 0 Å². The number of anilines is 1. The highest BCUT2D eigenvalue weighted by Gasteiger charge is 2.10. The minimum absolute atomic E-state index is 0.469. The number of rotatable bonds is 6. The van der Waals surface area contributed by atoms with Crippen LogP contribution in [0.15, 0.2) is 12.3 Å². The van der Waals surface area contributed by atoms with E-state index < -0.39 is 0 Å². The molecular formula is C12H22N4. The van der Waals surface area contributed by atoms with Crippen LogP contribution in [-0.2, 0) is 6.54 Å². The fraction of sp³-hybridized carbons (Fsp3) is 0.667. The lowest BCUT2D eigenvalue weighted by molar-refractivity contribution is 0.542. The Kier molecular flexibility index (Phi) is 5.19. The van der Waals surface area contributed by atoms with Crippen LogP contribution in [0, 0.1) is 5.92 Å². The summed E-state index contributed by atoms with van der Waals surface area (Å²) in [5, 5.41) is 0. The first-order valence-electron chi connectivity index (χ1n) is 5.98. The van der Waals surface area contributed by atoms with E-state index in [1.807, 2.05) is 6.07 Å². The van der Waals surface area contributed by atoms with Gasteiger partial charge < -0.3 is 10.6 Å². The van der Waals surface area contributed by atoms with Crippen LogP contribution in [0.3, 0.4) is 0 Å². The Bertz CT molecular complexity index is 314. The van der Waals surface area contributed by atoms with Crippen molar-refractivity contribution in [2.75, 3.05) is 18.0 Å². The van der Waals surface area contributed by atoms with E-state index >= 15 is 0 Å². The molecule has 2 N–H and O–H groups in total. The van der Waals surface area contributed by atoms with Crippen LogP contribution in [-0.4, -0.2) is 23.1 Å². The quantitative estimate of drug-likeness (QED) is 0.797. The van der Waals surface area contributed by atoms with Crippen molar-refractivity contribution in [1.29, 1.82) is 0 Å². The lowest BCUT2D eigenvalue weighted by Gasteiger charge is -2.24. The summed E-state index contributed by atoms with van der Waals surface area (Å²) in [5.74, 6) is 1.45. The number of hydrogen-bond acceptors (Lipinski definition) is 4. The van der Waals surface area contributed by atoms with Crippen molar-refractivity contribution in [2.24, 2.45) is 11.7 Å². The second-order valence-corrected chi connectivity index (χ2v) is 4.10. The van der Waals surface area contributed by atoms with Crippen LogP contribution in [0.1, 0.15) is 32.9 Å². The second kappa shape index (κ2) is 6.43. The van der Waals surface area contributed by atoms with E-state index in [9.17, 15) is 0 Å². The molecule has 1 aromatic heterocycles. The fourth-order valence-electron chi connectivity index (χ4n) is 1.51. The van der Waals surface area contributed by atoms with Crippen LogP contribution in [0.25, 0.3) is 0 Å². The van der Waals surface area contributed by atoms with Gasteiger partial charge in [-0.15, -0.1) is 0 Å². The lowest BCUT2D eigenvalue weighted by atomic mass is 10.1. The normalized spacial score (nSPS) is 12.5. The average molecular weight is 222 g/mol. The van der Waals surface area contributed by atoms with Gasteiger partial charge in [-0.3, -0.25) is 0 Å². The number of nitrogens with two attached hydrogens (primary N) is 1. The zero-order valence-corrected chi connectivity index (χ0v) is 10.5. The molecule has 0 aromatic carbocycles.